The zero-order valence-corrected chi connectivity index (χ0v) is 10.7. The Hall–Kier alpha value is -2.14. The molecule has 0 fully saturated rings. The first-order valence-electron chi connectivity index (χ1n) is 6.14. The molecule has 2 aromatic rings. The Bertz CT molecular complexity index is 562. The maximum atomic E-state index is 8.69. The van der Waals surface area contributed by atoms with Crippen LogP contribution in [0, 0.1) is 11.3 Å². The molecule has 0 bridgehead atoms. The first-order valence-corrected chi connectivity index (χ1v) is 6.14. The fourth-order valence-electron chi connectivity index (χ4n) is 1.86. The summed E-state index contributed by atoms with van der Waals surface area (Å²) in [4.78, 5) is 4.48. The minimum absolute atomic E-state index is 0.359. The fourth-order valence-corrected chi connectivity index (χ4v) is 1.86. The van der Waals surface area contributed by atoms with Gasteiger partial charge >= 0.3 is 0 Å². The molecule has 0 N–H and O–H groups in total. The van der Waals surface area contributed by atoms with Crippen LogP contribution in [0.25, 0.3) is 11.3 Å². The van der Waals surface area contributed by atoms with Gasteiger partial charge in [0.25, 0.3) is 0 Å². The standard InChI is InChI=1S/C16H16N2/c1-12(2)13-6-8-14(9-7-13)16-5-3-4-15(18-16)10-11-17/h3-9,12H,10H2,1-2H3. The van der Waals surface area contributed by atoms with E-state index in [1.807, 2.05) is 18.2 Å². The molecule has 0 radical (unpaired) electrons. The highest BCUT2D eigenvalue weighted by molar-refractivity contribution is 5.59. The summed E-state index contributed by atoms with van der Waals surface area (Å²) < 4.78 is 0. The molecule has 0 spiro atoms. The molecule has 0 atom stereocenters. The Labute approximate surface area is 108 Å². The molecular weight excluding hydrogens is 220 g/mol. The summed E-state index contributed by atoms with van der Waals surface area (Å²) in [5.41, 5.74) is 4.17. The van der Waals surface area contributed by atoms with E-state index < -0.39 is 0 Å². The Morgan fingerprint density at radius 1 is 1.11 bits per heavy atom. The third-order valence-corrected chi connectivity index (χ3v) is 2.94. The normalized spacial score (nSPS) is 10.3. The van der Waals surface area contributed by atoms with Gasteiger partial charge in [-0.3, -0.25) is 4.98 Å². The van der Waals surface area contributed by atoms with Crippen molar-refractivity contribution in [2.45, 2.75) is 26.2 Å². The third kappa shape index (κ3) is 2.75. The monoisotopic (exact) mass is 236 g/mol. The lowest BCUT2D eigenvalue weighted by molar-refractivity contribution is 0.867. The van der Waals surface area contributed by atoms with E-state index in [1.165, 1.54) is 5.56 Å². The number of pyridine rings is 1. The van der Waals surface area contributed by atoms with Crippen molar-refractivity contribution in [2.75, 3.05) is 0 Å². The van der Waals surface area contributed by atoms with Crippen LogP contribution in [0.15, 0.2) is 42.5 Å². The van der Waals surface area contributed by atoms with Gasteiger partial charge in [0.1, 0.15) is 0 Å². The van der Waals surface area contributed by atoms with Gasteiger partial charge in [0.2, 0.25) is 0 Å². The Balaban J connectivity index is 2.31. The van der Waals surface area contributed by atoms with Crippen molar-refractivity contribution in [2.24, 2.45) is 0 Å². The first kappa shape index (κ1) is 12.3. The molecule has 1 aromatic heterocycles. The molecule has 90 valence electrons. The third-order valence-electron chi connectivity index (χ3n) is 2.94. The van der Waals surface area contributed by atoms with Crippen LogP contribution in [0.1, 0.15) is 31.0 Å². The molecule has 0 saturated carbocycles. The van der Waals surface area contributed by atoms with E-state index in [2.05, 4.69) is 49.2 Å². The molecule has 0 aliphatic heterocycles. The van der Waals surface area contributed by atoms with E-state index >= 15 is 0 Å². The van der Waals surface area contributed by atoms with Crippen molar-refractivity contribution < 1.29 is 0 Å². The average molecular weight is 236 g/mol. The zero-order chi connectivity index (χ0) is 13.0. The smallest absolute Gasteiger partial charge is 0.0774 e. The van der Waals surface area contributed by atoms with Gasteiger partial charge in [0.05, 0.1) is 23.9 Å². The molecule has 2 rings (SSSR count). The van der Waals surface area contributed by atoms with Gasteiger partial charge < -0.3 is 0 Å². The molecule has 0 amide bonds. The van der Waals surface area contributed by atoms with E-state index in [-0.39, 0.29) is 0 Å². The van der Waals surface area contributed by atoms with Crippen molar-refractivity contribution in [3.05, 3.63) is 53.7 Å². The van der Waals surface area contributed by atoms with Crippen LogP contribution in [-0.2, 0) is 6.42 Å². The highest BCUT2D eigenvalue weighted by Gasteiger charge is 2.03. The van der Waals surface area contributed by atoms with E-state index in [0.29, 0.717) is 12.3 Å². The van der Waals surface area contributed by atoms with Crippen LogP contribution >= 0.6 is 0 Å². The summed E-state index contributed by atoms with van der Waals surface area (Å²) in [5.74, 6) is 0.539. The van der Waals surface area contributed by atoms with Crippen LogP contribution < -0.4 is 0 Å². The molecule has 0 aliphatic carbocycles. The van der Waals surface area contributed by atoms with Gasteiger partial charge in [-0.05, 0) is 23.6 Å². The molecule has 0 saturated heterocycles. The van der Waals surface area contributed by atoms with Crippen molar-refractivity contribution in [3.8, 4) is 17.3 Å². The number of nitriles is 1. The van der Waals surface area contributed by atoms with Crippen molar-refractivity contribution in [1.82, 2.24) is 4.98 Å². The van der Waals surface area contributed by atoms with Gasteiger partial charge in [0, 0.05) is 5.56 Å². The van der Waals surface area contributed by atoms with Gasteiger partial charge in [-0.1, -0.05) is 44.2 Å². The van der Waals surface area contributed by atoms with Crippen LogP contribution in [0.5, 0.6) is 0 Å². The molecule has 1 aromatic carbocycles. The second-order valence-electron chi connectivity index (χ2n) is 4.63. The molecule has 2 nitrogen and oxygen atoms in total. The average Bonchev–Trinajstić information content (AvgIpc) is 2.39. The molecule has 1 heterocycles. The van der Waals surface area contributed by atoms with Crippen molar-refractivity contribution >= 4 is 0 Å². The number of aromatic nitrogens is 1. The second kappa shape index (κ2) is 5.46. The maximum Gasteiger partial charge on any atom is 0.0774 e. The lowest BCUT2D eigenvalue weighted by atomic mass is 10.0. The Morgan fingerprint density at radius 3 is 2.44 bits per heavy atom. The number of nitrogens with zero attached hydrogens (tertiary/aromatic N) is 2. The predicted molar refractivity (Wildman–Crippen MR) is 73.1 cm³/mol. The largest absolute Gasteiger partial charge is 0.252 e. The summed E-state index contributed by atoms with van der Waals surface area (Å²) >= 11 is 0. The lowest BCUT2D eigenvalue weighted by Crippen LogP contribution is -1.91. The Morgan fingerprint density at radius 2 is 1.83 bits per heavy atom. The molecule has 18 heavy (non-hydrogen) atoms. The predicted octanol–water partition coefficient (Wildman–Crippen LogP) is 3.94. The minimum Gasteiger partial charge on any atom is -0.252 e. The highest BCUT2D eigenvalue weighted by Crippen LogP contribution is 2.21. The van der Waals surface area contributed by atoms with Crippen LogP contribution in [0.4, 0.5) is 0 Å². The van der Waals surface area contributed by atoms with E-state index in [1.54, 1.807) is 0 Å². The summed E-state index contributed by atoms with van der Waals surface area (Å²) in [6, 6.07) is 16.4. The SMILES string of the molecule is CC(C)c1ccc(-c2cccc(CC#N)n2)cc1. The first-order chi connectivity index (χ1) is 8.70. The Kier molecular flexibility index (Phi) is 3.74. The van der Waals surface area contributed by atoms with Crippen LogP contribution in [-0.4, -0.2) is 4.98 Å². The van der Waals surface area contributed by atoms with Crippen molar-refractivity contribution in [3.63, 3.8) is 0 Å². The zero-order valence-electron chi connectivity index (χ0n) is 10.7. The van der Waals surface area contributed by atoms with Gasteiger partial charge in [-0.15, -0.1) is 0 Å². The number of hydrogen-bond acceptors (Lipinski definition) is 2. The summed E-state index contributed by atoms with van der Waals surface area (Å²) in [5, 5.41) is 8.69. The van der Waals surface area contributed by atoms with Crippen LogP contribution in [0.2, 0.25) is 0 Å². The van der Waals surface area contributed by atoms with Gasteiger partial charge in [-0.25, -0.2) is 0 Å². The second-order valence-corrected chi connectivity index (χ2v) is 4.63. The quantitative estimate of drug-likeness (QED) is 0.809. The minimum atomic E-state index is 0.359. The molecule has 2 heteroatoms. The van der Waals surface area contributed by atoms with Gasteiger partial charge in [0.15, 0.2) is 0 Å². The van der Waals surface area contributed by atoms with Gasteiger partial charge in [-0.2, -0.15) is 5.26 Å². The van der Waals surface area contributed by atoms with E-state index in [4.69, 9.17) is 5.26 Å². The molecule has 0 aliphatic rings. The van der Waals surface area contributed by atoms with Crippen molar-refractivity contribution in [1.29, 1.82) is 5.26 Å². The molecule has 0 unspecified atom stereocenters. The summed E-state index contributed by atoms with van der Waals surface area (Å²) in [6.45, 7) is 4.36. The highest BCUT2D eigenvalue weighted by atomic mass is 14.7. The number of benzene rings is 1. The fraction of sp³-hybridized carbons (Fsp3) is 0.250. The summed E-state index contributed by atoms with van der Waals surface area (Å²) in [6.07, 6.45) is 0.359. The topological polar surface area (TPSA) is 36.7 Å². The van der Waals surface area contributed by atoms with E-state index in [0.717, 1.165) is 17.0 Å². The molecular formula is C16H16N2. The maximum absolute atomic E-state index is 8.69. The number of rotatable bonds is 3. The lowest BCUT2D eigenvalue weighted by Gasteiger charge is -2.07. The summed E-state index contributed by atoms with van der Waals surface area (Å²) in [7, 11) is 0. The van der Waals surface area contributed by atoms with Crippen LogP contribution in [0.3, 0.4) is 0 Å². The van der Waals surface area contributed by atoms with E-state index in [9.17, 15) is 0 Å². The number of hydrogen-bond donors (Lipinski definition) is 0.